The van der Waals surface area contributed by atoms with Crippen LogP contribution in [-0.2, 0) is 16.6 Å². The van der Waals surface area contributed by atoms with Gasteiger partial charge in [-0.2, -0.15) is 11.3 Å². The van der Waals surface area contributed by atoms with E-state index in [1.54, 1.807) is 36.6 Å². The van der Waals surface area contributed by atoms with Crippen LogP contribution >= 0.6 is 11.3 Å². The van der Waals surface area contributed by atoms with Crippen molar-refractivity contribution in [2.24, 2.45) is 0 Å². The molecule has 0 saturated heterocycles. The van der Waals surface area contributed by atoms with E-state index < -0.39 is 10.8 Å². The number of anilines is 1. The number of nitrogens with two attached hydrogens (primary N) is 1. The molecule has 2 aromatic rings. The summed E-state index contributed by atoms with van der Waals surface area (Å²) >= 11 is 1.60. The molecule has 1 atom stereocenters. The minimum absolute atomic E-state index is 0.487. The molecule has 0 saturated carbocycles. The van der Waals surface area contributed by atoms with E-state index in [4.69, 9.17) is 10.5 Å². The van der Waals surface area contributed by atoms with Crippen molar-refractivity contribution in [3.63, 3.8) is 0 Å². The lowest BCUT2D eigenvalue weighted by atomic mass is 10.3. The van der Waals surface area contributed by atoms with E-state index in [1.807, 2.05) is 16.8 Å². The van der Waals surface area contributed by atoms with E-state index >= 15 is 0 Å². The van der Waals surface area contributed by atoms with Crippen LogP contribution in [0.25, 0.3) is 0 Å². The maximum absolute atomic E-state index is 12.2. The number of methoxy groups -OCH3 is 1. The van der Waals surface area contributed by atoms with Crippen LogP contribution < -0.4 is 10.5 Å². The third-order valence-electron chi connectivity index (χ3n) is 2.34. The second-order valence-corrected chi connectivity index (χ2v) is 5.72. The van der Waals surface area contributed by atoms with Gasteiger partial charge < -0.3 is 10.5 Å². The predicted octanol–water partition coefficient (Wildman–Crippen LogP) is 2.65. The third-order valence-corrected chi connectivity index (χ3v) is 4.52. The zero-order valence-electron chi connectivity index (χ0n) is 9.38. The van der Waals surface area contributed by atoms with Crippen molar-refractivity contribution in [3.05, 3.63) is 40.6 Å². The minimum atomic E-state index is -1.13. The Morgan fingerprint density at radius 2 is 2.24 bits per heavy atom. The van der Waals surface area contributed by atoms with Gasteiger partial charge in [-0.1, -0.05) is 0 Å². The van der Waals surface area contributed by atoms with Crippen molar-refractivity contribution in [1.82, 2.24) is 0 Å². The van der Waals surface area contributed by atoms with Crippen LogP contribution in [0.4, 0.5) is 5.69 Å². The van der Waals surface area contributed by atoms with Crippen molar-refractivity contribution in [2.45, 2.75) is 10.6 Å². The van der Waals surface area contributed by atoms with Gasteiger partial charge in [-0.25, -0.2) is 0 Å². The van der Waals surface area contributed by atoms with Gasteiger partial charge in [-0.3, -0.25) is 4.21 Å². The summed E-state index contributed by atoms with van der Waals surface area (Å²) in [7, 11) is 0.446. The zero-order chi connectivity index (χ0) is 12.3. The third kappa shape index (κ3) is 2.87. The van der Waals surface area contributed by atoms with Gasteiger partial charge in [0.1, 0.15) is 5.75 Å². The molecule has 2 N–H and O–H groups in total. The maximum Gasteiger partial charge on any atom is 0.120 e. The highest BCUT2D eigenvalue weighted by atomic mass is 32.2. The predicted molar refractivity (Wildman–Crippen MR) is 71.8 cm³/mol. The Kier molecular flexibility index (Phi) is 3.81. The Bertz CT molecular complexity index is 523. The number of hydrogen-bond acceptors (Lipinski definition) is 4. The lowest BCUT2D eigenvalue weighted by Gasteiger charge is -2.07. The highest BCUT2D eigenvalue weighted by Crippen LogP contribution is 2.24. The summed E-state index contributed by atoms with van der Waals surface area (Å²) < 4.78 is 17.3. The molecule has 2 rings (SSSR count). The second-order valence-electron chi connectivity index (χ2n) is 3.53. The molecule has 1 heterocycles. The van der Waals surface area contributed by atoms with Crippen LogP contribution in [0.1, 0.15) is 5.56 Å². The molecular formula is C12H13NO2S2. The summed E-state index contributed by atoms with van der Waals surface area (Å²) in [5.74, 6) is 1.16. The van der Waals surface area contributed by atoms with Gasteiger partial charge in [0.2, 0.25) is 0 Å². The van der Waals surface area contributed by atoms with E-state index in [1.165, 1.54) is 0 Å². The second kappa shape index (κ2) is 5.33. The number of benzene rings is 1. The summed E-state index contributed by atoms with van der Waals surface area (Å²) in [5.41, 5.74) is 7.43. The van der Waals surface area contributed by atoms with Crippen LogP contribution in [0.2, 0.25) is 0 Å². The van der Waals surface area contributed by atoms with Gasteiger partial charge >= 0.3 is 0 Å². The van der Waals surface area contributed by atoms with E-state index in [0.29, 0.717) is 22.1 Å². The van der Waals surface area contributed by atoms with Crippen molar-refractivity contribution >= 4 is 27.8 Å². The molecule has 17 heavy (non-hydrogen) atoms. The molecule has 3 nitrogen and oxygen atoms in total. The van der Waals surface area contributed by atoms with Crippen LogP contribution in [-0.4, -0.2) is 11.3 Å². The molecule has 0 fully saturated rings. The first-order chi connectivity index (χ1) is 8.20. The summed E-state index contributed by atoms with van der Waals surface area (Å²) in [6.07, 6.45) is 0. The number of thiophene rings is 1. The average Bonchev–Trinajstić information content (AvgIpc) is 2.82. The van der Waals surface area contributed by atoms with Crippen molar-refractivity contribution in [2.75, 3.05) is 12.8 Å². The van der Waals surface area contributed by atoms with E-state index in [-0.39, 0.29) is 0 Å². The highest BCUT2D eigenvalue weighted by molar-refractivity contribution is 7.84. The molecule has 0 aliphatic rings. The Morgan fingerprint density at radius 3 is 2.88 bits per heavy atom. The Morgan fingerprint density at radius 1 is 1.41 bits per heavy atom. The van der Waals surface area contributed by atoms with Crippen molar-refractivity contribution < 1.29 is 8.95 Å². The number of hydrogen-bond donors (Lipinski definition) is 1. The average molecular weight is 267 g/mol. The molecule has 0 aliphatic heterocycles. The van der Waals surface area contributed by atoms with E-state index in [0.717, 1.165) is 5.56 Å². The van der Waals surface area contributed by atoms with Crippen molar-refractivity contribution in [1.29, 1.82) is 0 Å². The van der Waals surface area contributed by atoms with Crippen LogP contribution in [0.3, 0.4) is 0 Å². The first-order valence-electron chi connectivity index (χ1n) is 5.03. The monoisotopic (exact) mass is 267 g/mol. The molecule has 1 aromatic carbocycles. The van der Waals surface area contributed by atoms with Crippen LogP contribution in [0.15, 0.2) is 39.9 Å². The quantitative estimate of drug-likeness (QED) is 0.866. The molecule has 0 bridgehead atoms. The van der Waals surface area contributed by atoms with Gasteiger partial charge in [0.15, 0.2) is 0 Å². The summed E-state index contributed by atoms with van der Waals surface area (Å²) in [6, 6.07) is 7.19. The fraction of sp³-hybridized carbons (Fsp3) is 0.167. The molecular weight excluding hydrogens is 254 g/mol. The van der Waals surface area contributed by atoms with Gasteiger partial charge in [0.05, 0.1) is 28.6 Å². The topological polar surface area (TPSA) is 52.3 Å². The molecule has 1 unspecified atom stereocenters. The minimum Gasteiger partial charge on any atom is -0.497 e. The smallest absolute Gasteiger partial charge is 0.120 e. The maximum atomic E-state index is 12.2. The Labute approximate surface area is 107 Å². The van der Waals surface area contributed by atoms with Gasteiger partial charge in [0, 0.05) is 5.69 Å². The summed E-state index contributed by atoms with van der Waals surface area (Å²) in [5, 5.41) is 3.97. The normalized spacial score (nSPS) is 12.3. The molecule has 5 heteroatoms. The molecule has 0 spiro atoms. The van der Waals surface area contributed by atoms with Crippen LogP contribution in [0, 0.1) is 0 Å². The largest absolute Gasteiger partial charge is 0.497 e. The molecule has 0 amide bonds. The molecule has 1 aromatic heterocycles. The van der Waals surface area contributed by atoms with Gasteiger partial charge in [0.25, 0.3) is 0 Å². The Balaban J connectivity index is 2.24. The first-order valence-corrected chi connectivity index (χ1v) is 7.30. The van der Waals surface area contributed by atoms with Gasteiger partial charge in [-0.15, -0.1) is 0 Å². The summed E-state index contributed by atoms with van der Waals surface area (Å²) in [6.45, 7) is 0. The summed E-state index contributed by atoms with van der Waals surface area (Å²) in [4.78, 5) is 0.635. The SMILES string of the molecule is COc1ccc(N)c(S(=O)Cc2ccsc2)c1. The number of nitrogen functional groups attached to an aromatic ring is 1. The van der Waals surface area contributed by atoms with Crippen molar-refractivity contribution in [3.8, 4) is 5.75 Å². The highest BCUT2D eigenvalue weighted by Gasteiger charge is 2.10. The molecule has 90 valence electrons. The first kappa shape index (κ1) is 12.1. The van der Waals surface area contributed by atoms with E-state index in [9.17, 15) is 4.21 Å². The molecule has 0 radical (unpaired) electrons. The van der Waals surface area contributed by atoms with Gasteiger partial charge in [-0.05, 0) is 40.6 Å². The standard InChI is InChI=1S/C12H13NO2S2/c1-15-10-2-3-11(13)12(6-10)17(14)8-9-4-5-16-7-9/h2-7H,8,13H2,1H3. The van der Waals surface area contributed by atoms with Crippen LogP contribution in [0.5, 0.6) is 5.75 Å². The zero-order valence-corrected chi connectivity index (χ0v) is 11.0. The molecule has 0 aliphatic carbocycles. The number of ether oxygens (including phenoxy) is 1. The lowest BCUT2D eigenvalue weighted by molar-refractivity contribution is 0.413. The number of rotatable bonds is 4. The lowest BCUT2D eigenvalue weighted by Crippen LogP contribution is -2.01. The fourth-order valence-corrected chi connectivity index (χ4v) is 3.43. The van der Waals surface area contributed by atoms with E-state index in [2.05, 4.69) is 0 Å². The Hall–Kier alpha value is -1.33. The fourth-order valence-electron chi connectivity index (χ4n) is 1.44.